The smallest absolute Gasteiger partial charge is 0.323 e. The van der Waals surface area contributed by atoms with Crippen LogP contribution in [0.1, 0.15) is 10.8 Å². The predicted octanol–water partition coefficient (Wildman–Crippen LogP) is 2.57. The zero-order chi connectivity index (χ0) is 13.0. The van der Waals surface area contributed by atoms with Crippen LogP contribution in [-0.4, -0.2) is 28.3 Å². The first kappa shape index (κ1) is 13.1. The molecule has 0 aliphatic rings. The second kappa shape index (κ2) is 6.01. The fraction of sp³-hybridized carbons (Fsp3) is 0.182. The maximum absolute atomic E-state index is 11.8. The Balaban J connectivity index is 2.28. The van der Waals surface area contributed by atoms with Crippen molar-refractivity contribution in [1.82, 2.24) is 15.2 Å². The van der Waals surface area contributed by atoms with E-state index in [0.29, 0.717) is 5.16 Å². The number of rotatable bonds is 4. The van der Waals surface area contributed by atoms with E-state index in [9.17, 15) is 4.79 Å². The van der Waals surface area contributed by atoms with E-state index in [4.69, 9.17) is 4.74 Å². The number of methoxy groups -OCH3 is 1. The number of nitrogens with one attached hydrogen (secondary N) is 1. The summed E-state index contributed by atoms with van der Waals surface area (Å²) in [7, 11) is 1.37. The third kappa shape index (κ3) is 3.11. The molecule has 1 atom stereocenters. The third-order valence-corrected chi connectivity index (χ3v) is 3.80. The summed E-state index contributed by atoms with van der Waals surface area (Å²) in [5.41, 5.74) is 0.845. The van der Waals surface area contributed by atoms with Gasteiger partial charge >= 0.3 is 5.97 Å². The monoisotopic (exact) mass is 327 g/mol. The molecule has 1 heterocycles. The van der Waals surface area contributed by atoms with Gasteiger partial charge in [0.2, 0.25) is 0 Å². The van der Waals surface area contributed by atoms with Gasteiger partial charge in [-0.1, -0.05) is 39.8 Å². The number of esters is 1. The number of aromatic nitrogens is 3. The predicted molar refractivity (Wildman–Crippen MR) is 71.1 cm³/mol. The molecule has 1 aromatic carbocycles. The summed E-state index contributed by atoms with van der Waals surface area (Å²) in [4.78, 5) is 15.8. The molecule has 0 amide bonds. The number of H-pyrrole nitrogens is 1. The normalized spacial score (nSPS) is 12.1. The van der Waals surface area contributed by atoms with Crippen molar-refractivity contribution >= 4 is 33.7 Å². The van der Waals surface area contributed by atoms with Crippen molar-refractivity contribution in [3.05, 3.63) is 40.6 Å². The van der Waals surface area contributed by atoms with Gasteiger partial charge in [-0.3, -0.25) is 9.89 Å². The van der Waals surface area contributed by atoms with E-state index >= 15 is 0 Å². The average Bonchev–Trinajstić information content (AvgIpc) is 2.88. The Hall–Kier alpha value is -1.34. The summed E-state index contributed by atoms with van der Waals surface area (Å²) in [6.07, 6.45) is 1.40. The molecule has 0 aliphatic carbocycles. The highest BCUT2D eigenvalue weighted by molar-refractivity contribution is 9.10. The number of ether oxygens (including phenoxy) is 1. The van der Waals surface area contributed by atoms with Gasteiger partial charge in [-0.2, -0.15) is 5.10 Å². The maximum Gasteiger partial charge on any atom is 0.323 e. The molecule has 0 bridgehead atoms. The van der Waals surface area contributed by atoms with Crippen LogP contribution in [0.3, 0.4) is 0 Å². The Morgan fingerprint density at radius 3 is 3.00 bits per heavy atom. The van der Waals surface area contributed by atoms with E-state index in [1.165, 1.54) is 25.2 Å². The van der Waals surface area contributed by atoms with Crippen molar-refractivity contribution in [1.29, 1.82) is 0 Å². The zero-order valence-electron chi connectivity index (χ0n) is 9.46. The fourth-order valence-electron chi connectivity index (χ4n) is 1.39. The third-order valence-electron chi connectivity index (χ3n) is 2.19. The van der Waals surface area contributed by atoms with Gasteiger partial charge in [0.15, 0.2) is 5.16 Å². The van der Waals surface area contributed by atoms with E-state index < -0.39 is 5.25 Å². The molecular formula is C11H10BrN3O2S. The SMILES string of the molecule is COC(=O)[C@H](Sc1ncn[nH]1)c1cccc(Br)c1. The Bertz CT molecular complexity index is 533. The minimum absolute atomic E-state index is 0.325. The summed E-state index contributed by atoms with van der Waals surface area (Å²) in [5, 5.41) is 6.57. The van der Waals surface area contributed by atoms with Gasteiger partial charge < -0.3 is 4.74 Å². The van der Waals surface area contributed by atoms with Crippen LogP contribution in [0.25, 0.3) is 0 Å². The minimum atomic E-state index is -0.472. The fourth-order valence-corrected chi connectivity index (χ4v) is 2.72. The molecule has 5 nitrogen and oxygen atoms in total. The molecule has 2 aromatic rings. The number of aromatic amines is 1. The van der Waals surface area contributed by atoms with Crippen LogP contribution in [0.15, 0.2) is 40.2 Å². The Morgan fingerprint density at radius 2 is 2.39 bits per heavy atom. The molecule has 1 aromatic heterocycles. The van der Waals surface area contributed by atoms with Crippen LogP contribution < -0.4 is 0 Å². The molecule has 0 spiro atoms. The largest absolute Gasteiger partial charge is 0.468 e. The lowest BCUT2D eigenvalue weighted by Gasteiger charge is -2.13. The number of nitrogens with zero attached hydrogens (tertiary/aromatic N) is 2. The number of carbonyl (C=O) groups excluding carboxylic acids is 1. The summed E-state index contributed by atoms with van der Waals surface area (Å²) in [5.74, 6) is -0.325. The molecule has 0 fully saturated rings. The number of carbonyl (C=O) groups is 1. The molecule has 0 saturated carbocycles. The summed E-state index contributed by atoms with van der Waals surface area (Å²) in [6, 6.07) is 7.52. The summed E-state index contributed by atoms with van der Waals surface area (Å²) < 4.78 is 5.73. The van der Waals surface area contributed by atoms with Crippen LogP contribution in [0, 0.1) is 0 Å². The lowest BCUT2D eigenvalue weighted by atomic mass is 10.1. The van der Waals surface area contributed by atoms with E-state index in [-0.39, 0.29) is 5.97 Å². The molecule has 0 radical (unpaired) electrons. The van der Waals surface area contributed by atoms with Gasteiger partial charge in [0, 0.05) is 4.47 Å². The molecule has 0 unspecified atom stereocenters. The van der Waals surface area contributed by atoms with Crippen molar-refractivity contribution in [3.8, 4) is 0 Å². The van der Waals surface area contributed by atoms with Crippen LogP contribution >= 0.6 is 27.7 Å². The van der Waals surface area contributed by atoms with Crippen molar-refractivity contribution in [3.63, 3.8) is 0 Å². The van der Waals surface area contributed by atoms with Crippen molar-refractivity contribution in [2.45, 2.75) is 10.4 Å². The minimum Gasteiger partial charge on any atom is -0.468 e. The van der Waals surface area contributed by atoms with Crippen molar-refractivity contribution < 1.29 is 9.53 Å². The Labute approximate surface area is 116 Å². The Kier molecular flexibility index (Phi) is 4.38. The van der Waals surface area contributed by atoms with E-state index in [1.807, 2.05) is 24.3 Å². The van der Waals surface area contributed by atoms with Gasteiger partial charge in [-0.25, -0.2) is 4.98 Å². The number of hydrogen-bond acceptors (Lipinski definition) is 5. The zero-order valence-corrected chi connectivity index (χ0v) is 11.9. The molecule has 7 heteroatoms. The maximum atomic E-state index is 11.8. The number of thioether (sulfide) groups is 1. The van der Waals surface area contributed by atoms with Crippen molar-refractivity contribution in [2.75, 3.05) is 7.11 Å². The standard InChI is InChI=1S/C11H10BrN3O2S/c1-17-10(16)9(18-11-13-6-14-15-11)7-3-2-4-8(12)5-7/h2-6,9H,1H3,(H,13,14,15)/t9-/m1/s1. The molecule has 0 saturated heterocycles. The second-order valence-electron chi connectivity index (χ2n) is 3.37. The molecular weight excluding hydrogens is 318 g/mol. The average molecular weight is 328 g/mol. The molecule has 18 heavy (non-hydrogen) atoms. The molecule has 1 N–H and O–H groups in total. The molecule has 2 rings (SSSR count). The number of hydrogen-bond donors (Lipinski definition) is 1. The van der Waals surface area contributed by atoms with Crippen LogP contribution in [0.5, 0.6) is 0 Å². The highest BCUT2D eigenvalue weighted by Crippen LogP contribution is 2.34. The van der Waals surface area contributed by atoms with Gasteiger partial charge in [-0.15, -0.1) is 0 Å². The lowest BCUT2D eigenvalue weighted by molar-refractivity contribution is -0.140. The first-order chi connectivity index (χ1) is 8.70. The highest BCUT2D eigenvalue weighted by Gasteiger charge is 2.24. The molecule has 0 aliphatic heterocycles. The van der Waals surface area contributed by atoms with Crippen LogP contribution in [0.4, 0.5) is 0 Å². The van der Waals surface area contributed by atoms with E-state index in [1.54, 1.807) is 0 Å². The van der Waals surface area contributed by atoms with Gasteiger partial charge in [-0.05, 0) is 17.7 Å². The topological polar surface area (TPSA) is 67.9 Å². The first-order valence-electron chi connectivity index (χ1n) is 5.06. The second-order valence-corrected chi connectivity index (χ2v) is 5.38. The summed E-state index contributed by atoms with van der Waals surface area (Å²) >= 11 is 4.65. The van der Waals surface area contributed by atoms with E-state index in [0.717, 1.165) is 10.0 Å². The lowest BCUT2D eigenvalue weighted by Crippen LogP contribution is -2.11. The number of halogens is 1. The van der Waals surface area contributed by atoms with Gasteiger partial charge in [0.25, 0.3) is 0 Å². The highest BCUT2D eigenvalue weighted by atomic mass is 79.9. The first-order valence-corrected chi connectivity index (χ1v) is 6.73. The van der Waals surface area contributed by atoms with Crippen LogP contribution in [-0.2, 0) is 9.53 Å². The van der Waals surface area contributed by atoms with Crippen molar-refractivity contribution in [2.24, 2.45) is 0 Å². The van der Waals surface area contributed by atoms with Crippen LogP contribution in [0.2, 0.25) is 0 Å². The summed E-state index contributed by atoms with van der Waals surface area (Å²) in [6.45, 7) is 0. The van der Waals surface area contributed by atoms with Gasteiger partial charge in [0.05, 0.1) is 7.11 Å². The number of benzene rings is 1. The molecule has 94 valence electrons. The van der Waals surface area contributed by atoms with Gasteiger partial charge in [0.1, 0.15) is 11.6 Å². The Morgan fingerprint density at radius 1 is 1.56 bits per heavy atom. The quantitative estimate of drug-likeness (QED) is 0.690. The van der Waals surface area contributed by atoms with E-state index in [2.05, 4.69) is 31.1 Å².